The normalized spacial score (nSPS) is 11.6. The van der Waals surface area contributed by atoms with E-state index in [1.807, 2.05) is 0 Å². The lowest BCUT2D eigenvalue weighted by molar-refractivity contribution is -0.107. The highest BCUT2D eigenvalue weighted by Gasteiger charge is 1.88. The van der Waals surface area contributed by atoms with Gasteiger partial charge in [0.2, 0.25) is 0 Å². The third-order valence-electron chi connectivity index (χ3n) is 1.71. The molecule has 0 aliphatic heterocycles. The lowest BCUT2D eigenvalue weighted by Gasteiger charge is -1.96. The first-order valence-electron chi connectivity index (χ1n) is 4.40. The van der Waals surface area contributed by atoms with Crippen LogP contribution in [0, 0.1) is 0 Å². The third kappa shape index (κ3) is 7.31. The predicted molar refractivity (Wildman–Crippen MR) is 48.6 cm³/mol. The van der Waals surface area contributed by atoms with Crippen LogP contribution in [-0.2, 0) is 4.79 Å². The molecule has 0 fully saturated rings. The Bertz CT molecular complexity index is 125. The van der Waals surface area contributed by atoms with Crippen molar-refractivity contribution in [3.05, 3.63) is 11.6 Å². The van der Waals surface area contributed by atoms with Crippen molar-refractivity contribution < 1.29 is 4.79 Å². The molecule has 0 aromatic carbocycles. The van der Waals surface area contributed by atoms with Crippen LogP contribution < -0.4 is 0 Å². The van der Waals surface area contributed by atoms with Crippen LogP contribution in [0.4, 0.5) is 0 Å². The number of allylic oxidation sites excluding steroid dienone is 2. The molecule has 0 aliphatic carbocycles. The van der Waals surface area contributed by atoms with Gasteiger partial charge in [-0.25, -0.2) is 0 Å². The van der Waals surface area contributed by atoms with Crippen molar-refractivity contribution in [2.75, 3.05) is 0 Å². The number of carbonyl (C=O) groups excluding carboxylic acids is 1. The van der Waals surface area contributed by atoms with Crippen LogP contribution >= 0.6 is 0 Å². The summed E-state index contributed by atoms with van der Waals surface area (Å²) in [6.45, 7) is 4.29. The molecule has 0 spiro atoms. The molecular formula is C10H18O. The molecule has 0 N–H and O–H groups in total. The van der Waals surface area contributed by atoms with E-state index in [0.29, 0.717) is 6.42 Å². The molecule has 0 aromatic rings. The van der Waals surface area contributed by atoms with E-state index in [2.05, 4.69) is 19.9 Å². The van der Waals surface area contributed by atoms with E-state index in [0.717, 1.165) is 12.7 Å². The quantitative estimate of drug-likeness (QED) is 0.326. The fraction of sp³-hybridized carbons (Fsp3) is 0.700. The first-order valence-corrected chi connectivity index (χ1v) is 4.40. The van der Waals surface area contributed by atoms with E-state index >= 15 is 0 Å². The van der Waals surface area contributed by atoms with Crippen molar-refractivity contribution in [3.8, 4) is 0 Å². The van der Waals surface area contributed by atoms with Crippen molar-refractivity contribution in [1.82, 2.24) is 0 Å². The molecule has 0 heterocycles. The molecule has 0 rings (SSSR count). The highest BCUT2D eigenvalue weighted by atomic mass is 16.1. The van der Waals surface area contributed by atoms with Crippen molar-refractivity contribution in [1.29, 1.82) is 0 Å². The minimum Gasteiger partial charge on any atom is -0.303 e. The molecule has 0 aromatic heterocycles. The molecule has 0 bridgehead atoms. The van der Waals surface area contributed by atoms with Gasteiger partial charge in [-0.05, 0) is 19.8 Å². The Hall–Kier alpha value is -0.590. The lowest BCUT2D eigenvalue weighted by Crippen LogP contribution is -1.79. The van der Waals surface area contributed by atoms with Gasteiger partial charge in [0, 0.05) is 6.42 Å². The van der Waals surface area contributed by atoms with E-state index in [1.54, 1.807) is 0 Å². The minimum absolute atomic E-state index is 0.675. The SMILES string of the molecule is CCCCC=C(C)CCC=O. The molecule has 0 atom stereocenters. The number of rotatable bonds is 6. The molecular weight excluding hydrogens is 136 g/mol. The molecule has 0 saturated heterocycles. The van der Waals surface area contributed by atoms with E-state index in [1.165, 1.54) is 24.8 Å². The fourth-order valence-electron chi connectivity index (χ4n) is 0.941. The molecule has 11 heavy (non-hydrogen) atoms. The van der Waals surface area contributed by atoms with Gasteiger partial charge in [-0.2, -0.15) is 0 Å². The zero-order valence-electron chi connectivity index (χ0n) is 7.60. The Kier molecular flexibility index (Phi) is 7.11. The van der Waals surface area contributed by atoms with Crippen molar-refractivity contribution in [3.63, 3.8) is 0 Å². The Morgan fingerprint density at radius 3 is 2.64 bits per heavy atom. The van der Waals surface area contributed by atoms with Gasteiger partial charge in [-0.15, -0.1) is 0 Å². The topological polar surface area (TPSA) is 17.1 Å². The highest BCUT2D eigenvalue weighted by molar-refractivity contribution is 5.49. The standard InChI is InChI=1S/C10H18O/c1-3-4-5-7-10(2)8-6-9-11/h7,9H,3-6,8H2,1-2H3. The van der Waals surface area contributed by atoms with Gasteiger partial charge in [0.25, 0.3) is 0 Å². The maximum atomic E-state index is 10.0. The third-order valence-corrected chi connectivity index (χ3v) is 1.71. The Morgan fingerprint density at radius 2 is 2.09 bits per heavy atom. The number of unbranched alkanes of at least 4 members (excludes halogenated alkanes) is 2. The summed E-state index contributed by atoms with van der Waals surface area (Å²) in [7, 11) is 0. The molecule has 1 heteroatoms. The maximum absolute atomic E-state index is 10.0. The van der Waals surface area contributed by atoms with Crippen LogP contribution in [0.2, 0.25) is 0 Å². The van der Waals surface area contributed by atoms with E-state index in [-0.39, 0.29) is 0 Å². The maximum Gasteiger partial charge on any atom is 0.120 e. The molecule has 0 aliphatic rings. The van der Waals surface area contributed by atoms with Crippen molar-refractivity contribution in [2.45, 2.75) is 46.0 Å². The van der Waals surface area contributed by atoms with Gasteiger partial charge in [0.15, 0.2) is 0 Å². The minimum atomic E-state index is 0.675. The molecule has 64 valence electrons. The summed E-state index contributed by atoms with van der Waals surface area (Å²) in [6, 6.07) is 0. The summed E-state index contributed by atoms with van der Waals surface area (Å²) in [6.07, 6.45) is 8.52. The zero-order valence-corrected chi connectivity index (χ0v) is 7.60. The predicted octanol–water partition coefficient (Wildman–Crippen LogP) is 3.10. The summed E-state index contributed by atoms with van der Waals surface area (Å²) >= 11 is 0. The Balaban J connectivity index is 3.37. The van der Waals surface area contributed by atoms with Crippen molar-refractivity contribution in [2.24, 2.45) is 0 Å². The molecule has 0 unspecified atom stereocenters. The van der Waals surface area contributed by atoms with Gasteiger partial charge >= 0.3 is 0 Å². The number of hydrogen-bond acceptors (Lipinski definition) is 1. The van der Waals surface area contributed by atoms with Crippen LogP contribution in [0.15, 0.2) is 11.6 Å². The van der Waals surface area contributed by atoms with E-state index in [4.69, 9.17) is 0 Å². The van der Waals surface area contributed by atoms with Crippen LogP contribution in [0.5, 0.6) is 0 Å². The first-order chi connectivity index (χ1) is 5.31. The average molecular weight is 154 g/mol. The number of hydrogen-bond donors (Lipinski definition) is 0. The van der Waals surface area contributed by atoms with E-state index < -0.39 is 0 Å². The second-order valence-electron chi connectivity index (χ2n) is 2.90. The average Bonchev–Trinajstić information content (AvgIpc) is 2.01. The Morgan fingerprint density at radius 1 is 1.36 bits per heavy atom. The summed E-state index contributed by atoms with van der Waals surface area (Å²) in [5.41, 5.74) is 1.35. The highest BCUT2D eigenvalue weighted by Crippen LogP contribution is 2.05. The largest absolute Gasteiger partial charge is 0.303 e. The summed E-state index contributed by atoms with van der Waals surface area (Å²) in [5, 5.41) is 0. The van der Waals surface area contributed by atoms with Gasteiger partial charge in [-0.1, -0.05) is 31.4 Å². The van der Waals surface area contributed by atoms with Crippen molar-refractivity contribution >= 4 is 6.29 Å². The first kappa shape index (κ1) is 10.4. The zero-order chi connectivity index (χ0) is 8.53. The summed E-state index contributed by atoms with van der Waals surface area (Å²) in [4.78, 5) is 10.0. The number of aldehydes is 1. The number of carbonyl (C=O) groups is 1. The second kappa shape index (κ2) is 7.52. The van der Waals surface area contributed by atoms with Crippen LogP contribution in [-0.4, -0.2) is 6.29 Å². The molecule has 0 amide bonds. The second-order valence-corrected chi connectivity index (χ2v) is 2.90. The molecule has 0 saturated carbocycles. The van der Waals surface area contributed by atoms with Gasteiger partial charge in [-0.3, -0.25) is 0 Å². The van der Waals surface area contributed by atoms with Gasteiger partial charge < -0.3 is 4.79 Å². The lowest BCUT2D eigenvalue weighted by atomic mass is 10.1. The summed E-state index contributed by atoms with van der Waals surface area (Å²) < 4.78 is 0. The molecule has 0 radical (unpaired) electrons. The monoisotopic (exact) mass is 154 g/mol. The summed E-state index contributed by atoms with van der Waals surface area (Å²) in [5.74, 6) is 0. The molecule has 1 nitrogen and oxygen atoms in total. The fourth-order valence-corrected chi connectivity index (χ4v) is 0.941. The van der Waals surface area contributed by atoms with Gasteiger partial charge in [0.1, 0.15) is 6.29 Å². The van der Waals surface area contributed by atoms with E-state index in [9.17, 15) is 4.79 Å². The van der Waals surface area contributed by atoms with Crippen LogP contribution in [0.3, 0.4) is 0 Å². The van der Waals surface area contributed by atoms with Crippen LogP contribution in [0.1, 0.15) is 46.0 Å². The Labute approximate surface area is 69.5 Å². The van der Waals surface area contributed by atoms with Crippen LogP contribution in [0.25, 0.3) is 0 Å². The van der Waals surface area contributed by atoms with Gasteiger partial charge in [0.05, 0.1) is 0 Å². The smallest absolute Gasteiger partial charge is 0.120 e.